The van der Waals surface area contributed by atoms with E-state index in [9.17, 15) is 25.2 Å². The van der Waals surface area contributed by atoms with E-state index in [1.165, 1.54) is 0 Å². The average Bonchev–Trinajstić information content (AvgIpc) is 2.49. The van der Waals surface area contributed by atoms with Crippen LogP contribution in [0.5, 0.6) is 0 Å². The summed E-state index contributed by atoms with van der Waals surface area (Å²) >= 11 is 0. The van der Waals surface area contributed by atoms with E-state index >= 15 is 8.39 Å². The van der Waals surface area contributed by atoms with Crippen LogP contribution in [0.4, 0.5) is 33.6 Å². The van der Waals surface area contributed by atoms with Gasteiger partial charge in [-0.3, -0.25) is 0 Å². The van der Waals surface area contributed by atoms with E-state index in [1.54, 1.807) is 4.52 Å². The van der Waals surface area contributed by atoms with Gasteiger partial charge in [0, 0.05) is 0 Å². The molecule has 0 aromatic rings. The fourth-order valence-electron chi connectivity index (χ4n) is 1.77. The van der Waals surface area contributed by atoms with Gasteiger partial charge in [-0.15, -0.1) is 43.9 Å². The SMILES string of the molecule is CCOP1(F)=NP(F)(F)=NP(F)(F)=NP(F)(OCC)=NP(F)(OCC)=NP(F)(OCC)=N1. The molecule has 0 spiro atoms. The third kappa shape index (κ3) is 9.73. The van der Waals surface area contributed by atoms with Crippen LogP contribution >= 0.6 is 46.6 Å². The van der Waals surface area contributed by atoms with Crippen molar-refractivity contribution >= 4 is 46.6 Å². The molecule has 10 nitrogen and oxygen atoms in total. The first kappa shape index (κ1) is 30.7. The lowest BCUT2D eigenvalue weighted by atomic mass is 10.9. The van der Waals surface area contributed by atoms with E-state index in [2.05, 4.69) is 40.7 Å². The molecule has 0 amide bonds. The topological polar surface area (TPSA) is 111 Å². The molecule has 192 valence electrons. The van der Waals surface area contributed by atoms with E-state index in [4.69, 9.17) is 0 Å². The Morgan fingerprint density at radius 2 is 0.656 bits per heavy atom. The molecule has 4 atom stereocenters. The second-order valence-electron chi connectivity index (χ2n) is 5.01. The van der Waals surface area contributed by atoms with Gasteiger partial charge < -0.3 is 18.1 Å². The van der Waals surface area contributed by atoms with E-state index in [1.807, 2.05) is 0 Å². The van der Waals surface area contributed by atoms with Crippen LogP contribution in [0.25, 0.3) is 0 Å². The molecule has 1 heterocycles. The Balaban J connectivity index is 4.32. The summed E-state index contributed by atoms with van der Waals surface area (Å²) in [7, 11) is -36.1. The lowest BCUT2D eigenvalue weighted by Gasteiger charge is -2.20. The van der Waals surface area contributed by atoms with Crippen molar-refractivity contribution in [2.45, 2.75) is 27.7 Å². The fourth-order valence-corrected chi connectivity index (χ4v) is 14.0. The van der Waals surface area contributed by atoms with Crippen LogP contribution in [0.3, 0.4) is 0 Å². The summed E-state index contributed by atoms with van der Waals surface area (Å²) in [6.07, 6.45) is 0. The number of hydrogen-bond donors (Lipinski definition) is 0. The van der Waals surface area contributed by atoms with Crippen molar-refractivity contribution in [1.82, 2.24) is 0 Å². The lowest BCUT2D eigenvalue weighted by Crippen LogP contribution is -1.89. The van der Waals surface area contributed by atoms with Gasteiger partial charge in [-0.25, -0.2) is 0 Å². The van der Waals surface area contributed by atoms with E-state index in [0.717, 1.165) is 27.7 Å². The maximum atomic E-state index is 15.3. The maximum absolute atomic E-state index is 15.3. The molecule has 0 aromatic heterocycles. The summed E-state index contributed by atoms with van der Waals surface area (Å²) in [5.41, 5.74) is 0. The molecule has 0 fully saturated rings. The summed E-state index contributed by atoms with van der Waals surface area (Å²) in [5.74, 6) is 0. The Morgan fingerprint density at radius 1 is 0.406 bits per heavy atom. The molecule has 0 bridgehead atoms. The molecule has 0 N–H and O–H groups in total. The molecule has 1 aliphatic rings. The zero-order chi connectivity index (χ0) is 24.9. The molecule has 1 aliphatic heterocycles. The maximum Gasteiger partial charge on any atom is 0.425 e. The van der Waals surface area contributed by atoms with Gasteiger partial charge in [0.15, 0.2) is 0 Å². The Kier molecular flexibility index (Phi) is 11.1. The number of halogens is 8. The third-order valence-corrected chi connectivity index (χ3v) is 15.3. The minimum absolute atomic E-state index is 0.638. The summed E-state index contributed by atoms with van der Waals surface area (Å²) in [4.78, 5) is 0. The molecular formula is C8H20F8N6O4P6. The van der Waals surface area contributed by atoms with Crippen molar-refractivity contribution in [1.29, 1.82) is 0 Å². The summed E-state index contributed by atoms with van der Waals surface area (Å²) in [6, 6.07) is 0. The highest BCUT2D eigenvalue weighted by Crippen LogP contribution is 2.82. The van der Waals surface area contributed by atoms with Crippen molar-refractivity contribution in [3.8, 4) is 0 Å². The van der Waals surface area contributed by atoms with E-state index < -0.39 is 73.1 Å². The van der Waals surface area contributed by atoms with Gasteiger partial charge in [0.25, 0.3) is 0 Å². The van der Waals surface area contributed by atoms with Crippen LogP contribution in [0.15, 0.2) is 27.1 Å². The van der Waals surface area contributed by atoms with Crippen LogP contribution < -0.4 is 0 Å². The molecule has 32 heavy (non-hydrogen) atoms. The number of rotatable bonds is 8. The standard InChI is InChI=1S/C8H20F8N6O4P6/c1-5-23-29(13)18-27(9,10)17-28(11,12)19-30(14,24-6-2)21-32(16,26-8-4)22-31(15,20-29)25-7-3/h5-8H2,1-4H3. The predicted octanol–water partition coefficient (Wildman–Crippen LogP) is 11.6. The Bertz CT molecular complexity index is 999. The molecule has 24 heteroatoms. The Hall–Kier alpha value is 0.660. The van der Waals surface area contributed by atoms with Crippen LogP contribution in [-0.4, -0.2) is 26.4 Å². The van der Waals surface area contributed by atoms with Crippen molar-refractivity contribution in [2.75, 3.05) is 26.4 Å². The quantitative estimate of drug-likeness (QED) is 0.203. The first-order valence-corrected chi connectivity index (χ1v) is 17.4. The molecule has 0 aliphatic carbocycles. The predicted molar refractivity (Wildman–Crippen MR) is 111 cm³/mol. The van der Waals surface area contributed by atoms with Crippen LogP contribution in [0.1, 0.15) is 27.7 Å². The second kappa shape index (κ2) is 11.6. The zero-order valence-electron chi connectivity index (χ0n) is 16.9. The molecule has 1 rings (SSSR count). The van der Waals surface area contributed by atoms with Crippen LogP contribution in [0.2, 0.25) is 0 Å². The average molecular weight is 602 g/mol. The van der Waals surface area contributed by atoms with Crippen molar-refractivity contribution in [2.24, 2.45) is 27.1 Å². The monoisotopic (exact) mass is 602 g/mol. The van der Waals surface area contributed by atoms with Gasteiger partial charge in [0.1, 0.15) is 0 Å². The molecule has 0 radical (unpaired) electrons. The van der Waals surface area contributed by atoms with Gasteiger partial charge in [-0.1, -0.05) is 0 Å². The van der Waals surface area contributed by atoms with Crippen molar-refractivity contribution < 1.29 is 51.7 Å². The third-order valence-electron chi connectivity index (χ3n) is 2.49. The fraction of sp³-hybridized carbons (Fsp3) is 1.00. The van der Waals surface area contributed by atoms with Gasteiger partial charge in [-0.05, 0) is 27.7 Å². The van der Waals surface area contributed by atoms with Gasteiger partial charge >= 0.3 is 46.6 Å². The molecule has 0 saturated heterocycles. The molecule has 0 saturated carbocycles. The van der Waals surface area contributed by atoms with Crippen LogP contribution in [0, 0.1) is 0 Å². The van der Waals surface area contributed by atoms with Gasteiger partial charge in [-0.2, -0.15) is 16.8 Å². The largest absolute Gasteiger partial charge is 0.425 e. The highest BCUT2D eigenvalue weighted by Gasteiger charge is 2.41. The summed E-state index contributed by atoms with van der Waals surface area (Å²) < 4.78 is 149. The van der Waals surface area contributed by atoms with E-state index in [-0.39, 0.29) is 0 Å². The highest BCUT2D eigenvalue weighted by atomic mass is 31.3. The molecule has 0 aromatic carbocycles. The smallest absolute Gasteiger partial charge is 0.303 e. The number of hydrogen-bond acceptors (Lipinski definition) is 10. The first-order chi connectivity index (χ1) is 14.5. The number of nitrogens with zero attached hydrogens (tertiary/aromatic N) is 6. The van der Waals surface area contributed by atoms with Crippen molar-refractivity contribution in [3.63, 3.8) is 0 Å². The minimum atomic E-state index is -6.65. The lowest BCUT2D eigenvalue weighted by molar-refractivity contribution is 0.331. The molecular weight excluding hydrogens is 582 g/mol. The first-order valence-electron chi connectivity index (χ1n) is 8.47. The minimum Gasteiger partial charge on any atom is -0.303 e. The molecule has 4 unspecified atom stereocenters. The van der Waals surface area contributed by atoms with E-state index in [0.29, 0.717) is 0 Å². The Labute approximate surface area is 180 Å². The highest BCUT2D eigenvalue weighted by molar-refractivity contribution is 7.78. The van der Waals surface area contributed by atoms with Gasteiger partial charge in [0.2, 0.25) is 0 Å². The van der Waals surface area contributed by atoms with Crippen molar-refractivity contribution in [3.05, 3.63) is 0 Å². The summed E-state index contributed by atoms with van der Waals surface area (Å²) in [6.45, 7) is 1.73. The van der Waals surface area contributed by atoms with Crippen LogP contribution in [-0.2, 0) is 18.1 Å². The second-order valence-corrected chi connectivity index (χ2v) is 15.9. The zero-order valence-corrected chi connectivity index (χ0v) is 22.2. The normalized spacial score (nSPS) is 37.1. The van der Waals surface area contributed by atoms with Gasteiger partial charge in [0.05, 0.1) is 26.4 Å². The Morgan fingerprint density at radius 3 is 0.969 bits per heavy atom. The summed E-state index contributed by atoms with van der Waals surface area (Å²) in [5, 5.41) is 0.